The van der Waals surface area contributed by atoms with Crippen LogP contribution in [-0.2, 0) is 6.54 Å². The van der Waals surface area contributed by atoms with E-state index in [2.05, 4.69) is 0 Å². The van der Waals surface area contributed by atoms with Crippen molar-refractivity contribution in [2.45, 2.75) is 13.5 Å². The molecule has 104 valence electrons. The third-order valence-electron chi connectivity index (χ3n) is 2.86. The fourth-order valence-electron chi connectivity index (χ4n) is 1.83. The van der Waals surface area contributed by atoms with Crippen molar-refractivity contribution in [1.29, 1.82) is 0 Å². The highest BCUT2D eigenvalue weighted by Crippen LogP contribution is 2.35. The molecule has 2 N–H and O–H groups in total. The van der Waals surface area contributed by atoms with Crippen LogP contribution in [0.2, 0.25) is 5.02 Å². The average molecular weight is 293 g/mol. The highest BCUT2D eigenvalue weighted by Gasteiger charge is 2.18. The van der Waals surface area contributed by atoms with E-state index in [1.807, 2.05) is 0 Å². The van der Waals surface area contributed by atoms with Crippen molar-refractivity contribution in [3.8, 4) is 11.5 Å². The van der Waals surface area contributed by atoms with Gasteiger partial charge in [-0.05, 0) is 30.7 Å². The van der Waals surface area contributed by atoms with Crippen molar-refractivity contribution in [2.75, 3.05) is 0 Å². The molecule has 5 nitrogen and oxygen atoms in total. The molecule has 2 rings (SSSR count). The molecule has 2 aromatic carbocycles. The fraction of sp³-hybridized carbons (Fsp3) is 0.143. The normalized spacial score (nSPS) is 10.3. The summed E-state index contributed by atoms with van der Waals surface area (Å²) < 4.78 is 5.57. The van der Waals surface area contributed by atoms with Gasteiger partial charge in [0, 0.05) is 17.1 Å². The highest BCUT2D eigenvalue weighted by atomic mass is 35.5. The molecule has 0 aliphatic rings. The summed E-state index contributed by atoms with van der Waals surface area (Å²) in [5.41, 5.74) is 6.80. The van der Waals surface area contributed by atoms with Crippen molar-refractivity contribution in [3.63, 3.8) is 0 Å². The molecular formula is C14H13ClN2O3. The second kappa shape index (κ2) is 5.90. The van der Waals surface area contributed by atoms with Crippen LogP contribution < -0.4 is 10.5 Å². The number of halogens is 1. The first-order chi connectivity index (χ1) is 9.52. The van der Waals surface area contributed by atoms with Crippen LogP contribution in [0.5, 0.6) is 11.5 Å². The Balaban J connectivity index is 2.38. The first-order valence-corrected chi connectivity index (χ1v) is 6.31. The maximum absolute atomic E-state index is 11.1. The van der Waals surface area contributed by atoms with Crippen LogP contribution >= 0.6 is 11.6 Å². The van der Waals surface area contributed by atoms with E-state index in [9.17, 15) is 10.1 Å². The molecule has 0 saturated heterocycles. The van der Waals surface area contributed by atoms with Gasteiger partial charge in [0.25, 0.3) is 0 Å². The number of benzene rings is 2. The van der Waals surface area contributed by atoms with E-state index >= 15 is 0 Å². The van der Waals surface area contributed by atoms with Crippen LogP contribution in [0.15, 0.2) is 36.4 Å². The van der Waals surface area contributed by atoms with Crippen molar-refractivity contribution < 1.29 is 9.66 Å². The average Bonchev–Trinajstić information content (AvgIpc) is 2.38. The van der Waals surface area contributed by atoms with E-state index in [0.29, 0.717) is 22.9 Å². The van der Waals surface area contributed by atoms with Crippen molar-refractivity contribution >= 4 is 17.3 Å². The summed E-state index contributed by atoms with van der Waals surface area (Å²) in [6.45, 7) is 1.99. The topological polar surface area (TPSA) is 78.4 Å². The molecule has 20 heavy (non-hydrogen) atoms. The second-order valence-corrected chi connectivity index (χ2v) is 4.65. The van der Waals surface area contributed by atoms with Crippen LogP contribution in [0.1, 0.15) is 11.1 Å². The lowest BCUT2D eigenvalue weighted by atomic mass is 10.2. The minimum atomic E-state index is -0.458. The van der Waals surface area contributed by atoms with Gasteiger partial charge in [-0.15, -0.1) is 0 Å². The maximum atomic E-state index is 11.1. The van der Waals surface area contributed by atoms with E-state index in [1.54, 1.807) is 43.3 Å². The summed E-state index contributed by atoms with van der Waals surface area (Å²) in [4.78, 5) is 10.6. The van der Waals surface area contributed by atoms with E-state index in [-0.39, 0.29) is 11.4 Å². The van der Waals surface area contributed by atoms with Crippen LogP contribution in [0.25, 0.3) is 0 Å². The number of ether oxygens (including phenoxy) is 1. The molecule has 0 spiro atoms. The fourth-order valence-corrected chi connectivity index (χ4v) is 2.08. The zero-order chi connectivity index (χ0) is 14.7. The molecule has 0 aliphatic carbocycles. The van der Waals surface area contributed by atoms with Gasteiger partial charge in [-0.2, -0.15) is 0 Å². The quantitative estimate of drug-likeness (QED) is 0.686. The first kappa shape index (κ1) is 14.3. The number of nitro groups is 1. The van der Waals surface area contributed by atoms with Crippen molar-refractivity contribution in [2.24, 2.45) is 5.73 Å². The monoisotopic (exact) mass is 292 g/mol. The molecule has 0 bridgehead atoms. The number of aryl methyl sites for hydroxylation is 1. The van der Waals surface area contributed by atoms with Crippen molar-refractivity contribution in [3.05, 3.63) is 62.7 Å². The molecule has 0 unspecified atom stereocenters. The zero-order valence-corrected chi connectivity index (χ0v) is 11.6. The van der Waals surface area contributed by atoms with Gasteiger partial charge in [0.15, 0.2) is 0 Å². The summed E-state index contributed by atoms with van der Waals surface area (Å²) in [5.74, 6) is 0.618. The predicted octanol–water partition coefficient (Wildman–Crippen LogP) is 3.81. The van der Waals surface area contributed by atoms with E-state index in [1.165, 1.54) is 0 Å². The zero-order valence-electron chi connectivity index (χ0n) is 10.8. The highest BCUT2D eigenvalue weighted by molar-refractivity contribution is 6.31. The molecule has 0 saturated carbocycles. The molecular weight excluding hydrogens is 280 g/mol. The Bertz CT molecular complexity index is 659. The Kier molecular flexibility index (Phi) is 4.22. The van der Waals surface area contributed by atoms with Gasteiger partial charge < -0.3 is 10.5 Å². The number of hydrogen-bond acceptors (Lipinski definition) is 4. The summed E-state index contributed by atoms with van der Waals surface area (Å²) >= 11 is 6.04. The van der Waals surface area contributed by atoms with Gasteiger partial charge in [-0.3, -0.25) is 10.1 Å². The Morgan fingerprint density at radius 2 is 2.10 bits per heavy atom. The van der Waals surface area contributed by atoms with Crippen LogP contribution in [0.3, 0.4) is 0 Å². The standard InChI is InChI=1S/C14H13ClN2O3/c1-9-3-2-4-13(14(9)17(18)19)20-11-6-5-10(8-16)12(15)7-11/h2-7H,8,16H2,1H3. The Hall–Kier alpha value is -2.11. The van der Waals surface area contributed by atoms with Gasteiger partial charge >= 0.3 is 5.69 Å². The number of nitro benzene ring substituents is 1. The predicted molar refractivity (Wildman–Crippen MR) is 77.3 cm³/mol. The Morgan fingerprint density at radius 1 is 1.35 bits per heavy atom. The summed E-state index contributed by atoms with van der Waals surface area (Å²) in [5, 5.41) is 11.6. The number of rotatable bonds is 4. The molecule has 0 fully saturated rings. The molecule has 0 atom stereocenters. The lowest BCUT2D eigenvalue weighted by molar-refractivity contribution is -0.386. The summed E-state index contributed by atoms with van der Waals surface area (Å²) in [6.07, 6.45) is 0. The first-order valence-electron chi connectivity index (χ1n) is 5.93. The molecule has 0 radical (unpaired) electrons. The lowest BCUT2D eigenvalue weighted by Gasteiger charge is -2.09. The summed E-state index contributed by atoms with van der Waals surface area (Å²) in [7, 11) is 0. The van der Waals surface area contributed by atoms with Gasteiger partial charge in [-0.1, -0.05) is 29.8 Å². The Morgan fingerprint density at radius 3 is 2.70 bits per heavy atom. The number of nitrogens with zero attached hydrogens (tertiary/aromatic N) is 1. The van der Waals surface area contributed by atoms with Gasteiger partial charge in [-0.25, -0.2) is 0 Å². The molecule has 0 aliphatic heterocycles. The van der Waals surface area contributed by atoms with Crippen molar-refractivity contribution in [1.82, 2.24) is 0 Å². The van der Waals surface area contributed by atoms with Gasteiger partial charge in [0.05, 0.1) is 4.92 Å². The SMILES string of the molecule is Cc1cccc(Oc2ccc(CN)c(Cl)c2)c1[N+](=O)[O-]. The summed E-state index contributed by atoms with van der Waals surface area (Å²) in [6, 6.07) is 9.92. The number of hydrogen-bond donors (Lipinski definition) is 1. The van der Waals surface area contributed by atoms with Crippen LogP contribution in [0, 0.1) is 17.0 Å². The number of nitrogens with two attached hydrogens (primary N) is 1. The molecule has 2 aromatic rings. The maximum Gasteiger partial charge on any atom is 0.314 e. The molecule has 0 heterocycles. The third-order valence-corrected chi connectivity index (χ3v) is 3.21. The third kappa shape index (κ3) is 2.89. The minimum absolute atomic E-state index is 0.0495. The second-order valence-electron chi connectivity index (χ2n) is 4.24. The molecule has 0 amide bonds. The van der Waals surface area contributed by atoms with E-state index < -0.39 is 4.92 Å². The van der Waals surface area contributed by atoms with E-state index in [0.717, 1.165) is 5.56 Å². The molecule has 0 aromatic heterocycles. The Labute approximate surface area is 121 Å². The minimum Gasteiger partial charge on any atom is -0.450 e. The van der Waals surface area contributed by atoms with Gasteiger partial charge in [0.1, 0.15) is 5.75 Å². The van der Waals surface area contributed by atoms with Gasteiger partial charge in [0.2, 0.25) is 5.75 Å². The number of para-hydroxylation sites is 1. The van der Waals surface area contributed by atoms with Crippen LogP contribution in [0.4, 0.5) is 5.69 Å². The lowest BCUT2D eigenvalue weighted by Crippen LogP contribution is -1.98. The van der Waals surface area contributed by atoms with Crippen LogP contribution in [-0.4, -0.2) is 4.92 Å². The molecule has 6 heteroatoms. The largest absolute Gasteiger partial charge is 0.450 e. The van der Waals surface area contributed by atoms with E-state index in [4.69, 9.17) is 22.1 Å². The smallest absolute Gasteiger partial charge is 0.314 e.